The summed E-state index contributed by atoms with van der Waals surface area (Å²) in [5.41, 5.74) is -0.565. The molecule has 1 amide bonds. The normalized spacial score (nSPS) is 15.6. The first-order valence-corrected chi connectivity index (χ1v) is 9.45. The Bertz CT molecular complexity index is 375. The van der Waals surface area contributed by atoms with E-state index in [2.05, 4.69) is 12.2 Å². The molecule has 0 aliphatic heterocycles. The zero-order valence-electron chi connectivity index (χ0n) is 16.6. The number of carbonyl (C=O) groups excluding carboxylic acids is 1. The van der Waals surface area contributed by atoms with Gasteiger partial charge in [0.05, 0.1) is 12.7 Å². The zero-order valence-corrected chi connectivity index (χ0v) is 16.6. The molecule has 0 aromatic heterocycles. The van der Waals surface area contributed by atoms with Crippen LogP contribution in [0.15, 0.2) is 0 Å². The first kappa shape index (κ1) is 25.1. The van der Waals surface area contributed by atoms with Gasteiger partial charge in [0, 0.05) is 19.6 Å². The molecule has 0 aliphatic rings. The highest BCUT2D eigenvalue weighted by molar-refractivity contribution is 5.67. The topological polar surface area (TPSA) is 122 Å². The molecule has 0 bridgehead atoms. The van der Waals surface area contributed by atoms with Crippen LogP contribution in [0.25, 0.3) is 0 Å². The predicted octanol–water partition coefficient (Wildman–Crippen LogP) is 0.468. The van der Waals surface area contributed by atoms with Gasteiger partial charge in [0.25, 0.3) is 0 Å². The van der Waals surface area contributed by atoms with Crippen LogP contribution in [-0.2, 0) is 4.74 Å². The van der Waals surface area contributed by atoms with Crippen LogP contribution in [0.3, 0.4) is 0 Å². The number of hydrogen-bond acceptors (Lipinski definition) is 7. The SMILES string of the molecule is CCCCCCN(CCNC(=O)OC(C)(C)C)C[C@H](O)[C@@H](O)[C@H](O)CO. The first-order chi connectivity index (χ1) is 12.1. The molecule has 0 unspecified atom stereocenters. The summed E-state index contributed by atoms with van der Waals surface area (Å²) in [6.45, 7) is 8.53. The summed E-state index contributed by atoms with van der Waals surface area (Å²) in [6.07, 6.45) is -0.257. The van der Waals surface area contributed by atoms with Crippen molar-refractivity contribution >= 4 is 6.09 Å². The third kappa shape index (κ3) is 12.4. The van der Waals surface area contributed by atoms with Crippen LogP contribution in [0.1, 0.15) is 53.4 Å². The van der Waals surface area contributed by atoms with Gasteiger partial charge in [-0.25, -0.2) is 4.79 Å². The molecule has 156 valence electrons. The lowest BCUT2D eigenvalue weighted by molar-refractivity contribution is -0.0840. The number of alkyl carbamates (subject to hydrolysis) is 1. The van der Waals surface area contributed by atoms with Crippen molar-refractivity contribution in [1.82, 2.24) is 10.2 Å². The van der Waals surface area contributed by atoms with Crippen LogP contribution in [0.2, 0.25) is 0 Å². The quantitative estimate of drug-likeness (QED) is 0.295. The molecule has 0 saturated heterocycles. The van der Waals surface area contributed by atoms with Crippen molar-refractivity contribution in [3.05, 3.63) is 0 Å². The van der Waals surface area contributed by atoms with E-state index in [1.807, 2.05) is 4.90 Å². The van der Waals surface area contributed by atoms with Gasteiger partial charge in [0.1, 0.15) is 17.8 Å². The Morgan fingerprint density at radius 2 is 1.73 bits per heavy atom. The molecule has 0 aromatic rings. The van der Waals surface area contributed by atoms with Crippen LogP contribution in [-0.4, -0.2) is 88.1 Å². The molecule has 0 spiro atoms. The number of carbonyl (C=O) groups is 1. The minimum absolute atomic E-state index is 0.139. The maximum absolute atomic E-state index is 11.7. The minimum Gasteiger partial charge on any atom is -0.444 e. The number of nitrogens with one attached hydrogen (secondary N) is 1. The molecule has 8 nitrogen and oxygen atoms in total. The average molecular weight is 379 g/mol. The largest absolute Gasteiger partial charge is 0.444 e. The highest BCUT2D eigenvalue weighted by Gasteiger charge is 2.26. The minimum atomic E-state index is -1.42. The number of amides is 1. The average Bonchev–Trinajstić information content (AvgIpc) is 2.55. The number of ether oxygens (including phenoxy) is 1. The van der Waals surface area contributed by atoms with Crippen molar-refractivity contribution in [3.63, 3.8) is 0 Å². The number of rotatable bonds is 13. The lowest BCUT2D eigenvalue weighted by Crippen LogP contribution is -2.47. The van der Waals surface area contributed by atoms with Crippen molar-refractivity contribution < 1.29 is 30.0 Å². The molecule has 0 heterocycles. The summed E-state index contributed by atoms with van der Waals surface area (Å²) in [7, 11) is 0. The van der Waals surface area contributed by atoms with E-state index in [-0.39, 0.29) is 6.54 Å². The number of aliphatic hydroxyl groups is 4. The van der Waals surface area contributed by atoms with Gasteiger partial charge < -0.3 is 30.5 Å². The molecular weight excluding hydrogens is 340 g/mol. The summed E-state index contributed by atoms with van der Waals surface area (Å²) in [6, 6.07) is 0. The van der Waals surface area contributed by atoms with Gasteiger partial charge >= 0.3 is 6.09 Å². The summed E-state index contributed by atoms with van der Waals surface area (Å²) in [5.74, 6) is 0. The molecule has 26 heavy (non-hydrogen) atoms. The molecule has 0 radical (unpaired) electrons. The van der Waals surface area contributed by atoms with E-state index in [1.54, 1.807) is 20.8 Å². The lowest BCUT2D eigenvalue weighted by atomic mass is 10.1. The molecule has 0 aromatic carbocycles. The number of nitrogens with zero attached hydrogens (tertiary/aromatic N) is 1. The summed E-state index contributed by atoms with van der Waals surface area (Å²) >= 11 is 0. The Morgan fingerprint density at radius 3 is 2.27 bits per heavy atom. The fourth-order valence-corrected chi connectivity index (χ4v) is 2.42. The smallest absolute Gasteiger partial charge is 0.407 e. The zero-order chi connectivity index (χ0) is 20.2. The van der Waals surface area contributed by atoms with Gasteiger partial charge in [-0.2, -0.15) is 0 Å². The predicted molar refractivity (Wildman–Crippen MR) is 99.9 cm³/mol. The van der Waals surface area contributed by atoms with Gasteiger partial charge in [-0.1, -0.05) is 26.2 Å². The fraction of sp³-hybridized carbons (Fsp3) is 0.944. The second kappa shape index (κ2) is 13.3. The molecule has 0 fully saturated rings. The molecule has 0 rings (SSSR count). The Kier molecular flexibility index (Phi) is 12.8. The van der Waals surface area contributed by atoms with E-state index >= 15 is 0 Å². The van der Waals surface area contributed by atoms with E-state index in [0.717, 1.165) is 25.7 Å². The Hall–Kier alpha value is -0.930. The molecule has 0 aliphatic carbocycles. The number of hydrogen-bond donors (Lipinski definition) is 5. The molecule has 3 atom stereocenters. The van der Waals surface area contributed by atoms with E-state index in [0.29, 0.717) is 19.6 Å². The first-order valence-electron chi connectivity index (χ1n) is 9.45. The maximum Gasteiger partial charge on any atom is 0.407 e. The third-order valence-electron chi connectivity index (χ3n) is 3.84. The van der Waals surface area contributed by atoms with Gasteiger partial charge in [0.15, 0.2) is 0 Å². The van der Waals surface area contributed by atoms with Gasteiger partial charge in [-0.3, -0.25) is 4.90 Å². The maximum atomic E-state index is 11.7. The van der Waals surface area contributed by atoms with E-state index < -0.39 is 36.6 Å². The second-order valence-electron chi connectivity index (χ2n) is 7.60. The summed E-state index contributed by atoms with van der Waals surface area (Å²) in [4.78, 5) is 13.6. The fourth-order valence-electron chi connectivity index (χ4n) is 2.42. The van der Waals surface area contributed by atoms with Crippen molar-refractivity contribution in [2.24, 2.45) is 0 Å². The van der Waals surface area contributed by atoms with E-state index in [1.165, 1.54) is 0 Å². The van der Waals surface area contributed by atoms with Crippen LogP contribution < -0.4 is 5.32 Å². The van der Waals surface area contributed by atoms with Crippen LogP contribution in [0, 0.1) is 0 Å². The highest BCUT2D eigenvalue weighted by Crippen LogP contribution is 2.07. The van der Waals surface area contributed by atoms with Crippen molar-refractivity contribution in [2.45, 2.75) is 77.3 Å². The Balaban J connectivity index is 4.47. The van der Waals surface area contributed by atoms with Crippen LogP contribution >= 0.6 is 0 Å². The molecule has 0 saturated carbocycles. The lowest BCUT2D eigenvalue weighted by Gasteiger charge is -2.29. The monoisotopic (exact) mass is 378 g/mol. The van der Waals surface area contributed by atoms with Crippen LogP contribution in [0.5, 0.6) is 0 Å². The molecular formula is C18H38N2O6. The third-order valence-corrected chi connectivity index (χ3v) is 3.84. The highest BCUT2D eigenvalue weighted by atomic mass is 16.6. The summed E-state index contributed by atoms with van der Waals surface area (Å²) in [5, 5.41) is 40.9. The second-order valence-corrected chi connectivity index (χ2v) is 7.60. The van der Waals surface area contributed by atoms with E-state index in [4.69, 9.17) is 9.84 Å². The standard InChI is InChI=1S/C18H38N2O6/c1-5-6-7-8-10-20(12-14(22)16(24)15(23)13-21)11-9-19-17(25)26-18(2,3)4/h14-16,21-24H,5-13H2,1-4H3,(H,19,25)/t14-,15+,16+/m0/s1. The van der Waals surface area contributed by atoms with Gasteiger partial charge in [0.2, 0.25) is 0 Å². The Labute approximate surface area is 157 Å². The van der Waals surface area contributed by atoms with Crippen LogP contribution in [0.4, 0.5) is 4.79 Å². The van der Waals surface area contributed by atoms with Crippen molar-refractivity contribution in [1.29, 1.82) is 0 Å². The Morgan fingerprint density at radius 1 is 1.08 bits per heavy atom. The van der Waals surface area contributed by atoms with Gasteiger partial charge in [-0.15, -0.1) is 0 Å². The van der Waals surface area contributed by atoms with E-state index in [9.17, 15) is 20.1 Å². The number of aliphatic hydroxyl groups excluding tert-OH is 4. The molecule has 5 N–H and O–H groups in total. The molecule has 8 heteroatoms. The van der Waals surface area contributed by atoms with Crippen molar-refractivity contribution in [2.75, 3.05) is 32.8 Å². The summed E-state index contributed by atoms with van der Waals surface area (Å²) < 4.78 is 5.18. The van der Waals surface area contributed by atoms with Crippen molar-refractivity contribution in [3.8, 4) is 0 Å². The number of unbranched alkanes of at least 4 members (excludes halogenated alkanes) is 3. The van der Waals surface area contributed by atoms with Gasteiger partial charge in [-0.05, 0) is 33.7 Å².